The number of methoxy groups -OCH3 is 2. The lowest BCUT2D eigenvalue weighted by atomic mass is 10.2. The van der Waals surface area contributed by atoms with Crippen molar-refractivity contribution in [2.45, 2.75) is 6.61 Å². The van der Waals surface area contributed by atoms with E-state index in [2.05, 4.69) is 10.1 Å². The standard InChI is InChI=1S/C16H14N2O5S/c1-20-11-6-10(7-12(8-11)21-2)16(19)22-9-14-17-15(18-23-14)13-4-3-5-24-13/h3-8H,9H2,1-2H3. The minimum absolute atomic E-state index is 0.114. The van der Waals surface area contributed by atoms with E-state index in [9.17, 15) is 4.79 Å². The number of carbonyl (C=O) groups excluding carboxylic acids is 1. The number of nitrogens with zero attached hydrogens (tertiary/aromatic N) is 2. The smallest absolute Gasteiger partial charge is 0.338 e. The molecule has 0 saturated carbocycles. The fourth-order valence-electron chi connectivity index (χ4n) is 1.96. The molecule has 24 heavy (non-hydrogen) atoms. The highest BCUT2D eigenvalue weighted by Gasteiger charge is 2.14. The lowest BCUT2D eigenvalue weighted by Crippen LogP contribution is -2.06. The van der Waals surface area contributed by atoms with Crippen LogP contribution < -0.4 is 9.47 Å². The lowest BCUT2D eigenvalue weighted by molar-refractivity contribution is 0.0429. The fourth-order valence-corrected chi connectivity index (χ4v) is 2.60. The van der Waals surface area contributed by atoms with Gasteiger partial charge in [-0.05, 0) is 23.6 Å². The SMILES string of the molecule is COc1cc(OC)cc(C(=O)OCc2nc(-c3cccs3)no2)c1. The predicted octanol–water partition coefficient (Wildman–Crippen LogP) is 3.17. The summed E-state index contributed by atoms with van der Waals surface area (Å²) in [7, 11) is 3.02. The summed E-state index contributed by atoms with van der Waals surface area (Å²) < 4.78 is 20.5. The highest BCUT2D eigenvalue weighted by Crippen LogP contribution is 2.24. The molecule has 0 radical (unpaired) electrons. The molecular weight excluding hydrogens is 332 g/mol. The van der Waals surface area contributed by atoms with Crippen molar-refractivity contribution in [1.82, 2.24) is 10.1 Å². The first kappa shape index (κ1) is 16.0. The third kappa shape index (κ3) is 3.54. The third-order valence-electron chi connectivity index (χ3n) is 3.12. The minimum Gasteiger partial charge on any atom is -0.497 e. The molecular formula is C16H14N2O5S. The van der Waals surface area contributed by atoms with Crippen molar-refractivity contribution in [1.29, 1.82) is 0 Å². The van der Waals surface area contributed by atoms with E-state index < -0.39 is 5.97 Å². The molecule has 8 heteroatoms. The summed E-state index contributed by atoms with van der Waals surface area (Å²) in [6.45, 7) is -0.114. The zero-order chi connectivity index (χ0) is 16.9. The van der Waals surface area contributed by atoms with Crippen LogP contribution in [0.2, 0.25) is 0 Å². The molecule has 0 amide bonds. The van der Waals surface area contributed by atoms with Crippen molar-refractivity contribution >= 4 is 17.3 Å². The van der Waals surface area contributed by atoms with Gasteiger partial charge >= 0.3 is 5.97 Å². The molecule has 0 saturated heterocycles. The molecule has 0 unspecified atom stereocenters. The largest absolute Gasteiger partial charge is 0.497 e. The number of hydrogen-bond acceptors (Lipinski definition) is 8. The van der Waals surface area contributed by atoms with Gasteiger partial charge in [-0.15, -0.1) is 11.3 Å². The van der Waals surface area contributed by atoms with Crippen LogP contribution in [-0.2, 0) is 11.3 Å². The second-order valence-electron chi connectivity index (χ2n) is 4.67. The Morgan fingerprint density at radius 2 is 1.96 bits per heavy atom. The van der Waals surface area contributed by atoms with Crippen molar-refractivity contribution in [2.24, 2.45) is 0 Å². The second kappa shape index (κ2) is 7.14. The Morgan fingerprint density at radius 1 is 1.21 bits per heavy atom. The molecule has 7 nitrogen and oxygen atoms in total. The molecule has 124 valence electrons. The normalized spacial score (nSPS) is 10.4. The predicted molar refractivity (Wildman–Crippen MR) is 86.3 cm³/mol. The number of thiophene rings is 1. The Kier molecular flexibility index (Phi) is 4.76. The third-order valence-corrected chi connectivity index (χ3v) is 3.99. The molecule has 1 aromatic carbocycles. The van der Waals surface area contributed by atoms with Gasteiger partial charge < -0.3 is 18.7 Å². The monoisotopic (exact) mass is 346 g/mol. The molecule has 3 rings (SSSR count). The van der Waals surface area contributed by atoms with Crippen LogP contribution in [0.4, 0.5) is 0 Å². The molecule has 0 spiro atoms. The maximum Gasteiger partial charge on any atom is 0.338 e. The van der Waals surface area contributed by atoms with Crippen molar-refractivity contribution in [2.75, 3.05) is 14.2 Å². The van der Waals surface area contributed by atoms with E-state index in [4.69, 9.17) is 18.7 Å². The molecule has 0 aliphatic carbocycles. The van der Waals surface area contributed by atoms with Crippen LogP contribution in [0, 0.1) is 0 Å². The first-order valence-corrected chi connectivity index (χ1v) is 7.84. The van der Waals surface area contributed by atoms with Gasteiger partial charge in [-0.1, -0.05) is 11.2 Å². The first-order chi connectivity index (χ1) is 11.7. The summed E-state index contributed by atoms with van der Waals surface area (Å²) in [4.78, 5) is 17.2. The molecule has 0 aliphatic rings. The minimum atomic E-state index is -0.539. The summed E-state index contributed by atoms with van der Waals surface area (Å²) in [5.41, 5.74) is 0.309. The number of carbonyl (C=O) groups is 1. The van der Waals surface area contributed by atoms with Crippen LogP contribution in [0.15, 0.2) is 40.2 Å². The number of hydrogen-bond donors (Lipinski definition) is 0. The molecule has 0 atom stereocenters. The molecule has 0 fully saturated rings. The van der Waals surface area contributed by atoms with Gasteiger partial charge in [-0.2, -0.15) is 4.98 Å². The van der Waals surface area contributed by atoms with E-state index in [1.54, 1.807) is 18.2 Å². The zero-order valence-electron chi connectivity index (χ0n) is 13.0. The van der Waals surface area contributed by atoms with Gasteiger partial charge in [0, 0.05) is 6.07 Å². The summed E-state index contributed by atoms with van der Waals surface area (Å²) in [5, 5.41) is 5.78. The summed E-state index contributed by atoms with van der Waals surface area (Å²) in [5.74, 6) is 1.15. The van der Waals surface area contributed by atoms with Gasteiger partial charge in [0.15, 0.2) is 6.61 Å². The van der Waals surface area contributed by atoms with Gasteiger partial charge in [0.25, 0.3) is 5.89 Å². The average molecular weight is 346 g/mol. The average Bonchev–Trinajstić information content (AvgIpc) is 3.30. The molecule has 0 N–H and O–H groups in total. The Morgan fingerprint density at radius 3 is 2.58 bits per heavy atom. The van der Waals surface area contributed by atoms with E-state index in [0.29, 0.717) is 22.9 Å². The summed E-state index contributed by atoms with van der Waals surface area (Å²) in [6, 6.07) is 8.58. The Hall–Kier alpha value is -2.87. The van der Waals surface area contributed by atoms with Crippen LogP contribution in [-0.4, -0.2) is 30.3 Å². The fraction of sp³-hybridized carbons (Fsp3) is 0.188. The van der Waals surface area contributed by atoms with Gasteiger partial charge in [0.2, 0.25) is 5.82 Å². The van der Waals surface area contributed by atoms with E-state index >= 15 is 0 Å². The molecule has 2 aromatic heterocycles. The maximum absolute atomic E-state index is 12.2. The molecule has 0 aliphatic heterocycles. The van der Waals surface area contributed by atoms with E-state index in [-0.39, 0.29) is 12.5 Å². The van der Waals surface area contributed by atoms with Gasteiger partial charge in [-0.25, -0.2) is 4.79 Å². The van der Waals surface area contributed by atoms with Gasteiger partial charge in [0.1, 0.15) is 11.5 Å². The van der Waals surface area contributed by atoms with Crippen LogP contribution in [0.1, 0.15) is 16.2 Å². The Bertz CT molecular complexity index is 807. The molecule has 3 aromatic rings. The van der Waals surface area contributed by atoms with Crippen LogP contribution >= 0.6 is 11.3 Å². The zero-order valence-corrected chi connectivity index (χ0v) is 13.8. The lowest BCUT2D eigenvalue weighted by Gasteiger charge is -2.07. The highest BCUT2D eigenvalue weighted by atomic mass is 32.1. The topological polar surface area (TPSA) is 83.7 Å². The molecule has 0 bridgehead atoms. The van der Waals surface area contributed by atoms with Crippen LogP contribution in [0.25, 0.3) is 10.7 Å². The first-order valence-electron chi connectivity index (χ1n) is 6.96. The molecule has 2 heterocycles. The van der Waals surface area contributed by atoms with E-state index in [1.807, 2.05) is 17.5 Å². The summed E-state index contributed by atoms with van der Waals surface area (Å²) in [6.07, 6.45) is 0. The van der Waals surface area contributed by atoms with Gasteiger partial charge in [0.05, 0.1) is 24.7 Å². The van der Waals surface area contributed by atoms with Crippen LogP contribution in [0.3, 0.4) is 0 Å². The van der Waals surface area contributed by atoms with E-state index in [0.717, 1.165) is 4.88 Å². The highest BCUT2D eigenvalue weighted by molar-refractivity contribution is 7.13. The number of aromatic nitrogens is 2. The number of benzene rings is 1. The van der Waals surface area contributed by atoms with E-state index in [1.165, 1.54) is 25.6 Å². The van der Waals surface area contributed by atoms with Crippen molar-refractivity contribution in [3.05, 3.63) is 47.2 Å². The summed E-state index contributed by atoms with van der Waals surface area (Å²) >= 11 is 1.50. The number of esters is 1. The Labute approximate surface area is 141 Å². The Balaban J connectivity index is 1.67. The van der Waals surface area contributed by atoms with Crippen LogP contribution in [0.5, 0.6) is 11.5 Å². The maximum atomic E-state index is 12.2. The van der Waals surface area contributed by atoms with Crippen molar-refractivity contribution in [3.63, 3.8) is 0 Å². The quantitative estimate of drug-likeness (QED) is 0.634. The number of rotatable bonds is 6. The number of ether oxygens (including phenoxy) is 3. The van der Waals surface area contributed by atoms with Gasteiger partial charge in [-0.3, -0.25) is 0 Å². The van der Waals surface area contributed by atoms with Crippen molar-refractivity contribution in [3.8, 4) is 22.2 Å². The van der Waals surface area contributed by atoms with Crippen molar-refractivity contribution < 1.29 is 23.5 Å². The second-order valence-corrected chi connectivity index (χ2v) is 5.61.